The number of nitrogens with zero attached hydrogens (tertiary/aromatic N) is 2. The molecule has 0 aliphatic carbocycles. The maximum atomic E-state index is 12.3. The van der Waals surface area contributed by atoms with Crippen LogP contribution >= 0.6 is 0 Å². The number of nitrogens with one attached hydrogen (secondary N) is 1. The molecular weight excluding hydrogens is 392 g/mol. The predicted octanol–water partition coefficient (Wildman–Crippen LogP) is 4.67. The van der Waals surface area contributed by atoms with Crippen molar-refractivity contribution < 1.29 is 23.0 Å². The summed E-state index contributed by atoms with van der Waals surface area (Å²) < 4.78 is 35.8. The topological polar surface area (TPSA) is 65.4 Å². The molecular formula is C22H23F2N3O3. The minimum absolute atomic E-state index is 0.0409. The van der Waals surface area contributed by atoms with E-state index in [-0.39, 0.29) is 18.1 Å². The van der Waals surface area contributed by atoms with Gasteiger partial charge >= 0.3 is 6.61 Å². The van der Waals surface area contributed by atoms with E-state index in [1.165, 1.54) is 24.3 Å². The Bertz CT molecular complexity index is 1020. The van der Waals surface area contributed by atoms with Crippen molar-refractivity contribution in [3.63, 3.8) is 0 Å². The molecule has 0 atom stereocenters. The lowest BCUT2D eigenvalue weighted by atomic mass is 10.1. The van der Waals surface area contributed by atoms with Gasteiger partial charge in [0.05, 0.1) is 18.5 Å². The Labute approximate surface area is 173 Å². The number of anilines is 1. The number of aromatic nitrogens is 2. The van der Waals surface area contributed by atoms with Crippen molar-refractivity contribution in [3.05, 3.63) is 65.5 Å². The van der Waals surface area contributed by atoms with Crippen LogP contribution in [-0.4, -0.2) is 29.4 Å². The molecule has 1 amide bonds. The quantitative estimate of drug-likeness (QED) is 0.581. The molecule has 0 saturated carbocycles. The van der Waals surface area contributed by atoms with E-state index in [2.05, 4.69) is 15.2 Å². The average Bonchev–Trinajstić information content (AvgIpc) is 3.01. The molecule has 30 heavy (non-hydrogen) atoms. The van der Waals surface area contributed by atoms with Gasteiger partial charge in [-0.2, -0.15) is 13.9 Å². The van der Waals surface area contributed by atoms with Gasteiger partial charge in [0.1, 0.15) is 11.5 Å². The summed E-state index contributed by atoms with van der Waals surface area (Å²) in [4.78, 5) is 12.3. The largest absolute Gasteiger partial charge is 0.497 e. The summed E-state index contributed by atoms with van der Waals surface area (Å²) in [6, 6.07) is 13.4. The van der Waals surface area contributed by atoms with E-state index < -0.39 is 6.61 Å². The molecule has 8 heteroatoms. The van der Waals surface area contributed by atoms with Crippen LogP contribution in [0.4, 0.5) is 14.5 Å². The molecule has 1 aromatic heterocycles. The molecule has 0 radical (unpaired) electrons. The number of hydrogen-bond acceptors (Lipinski definition) is 4. The van der Waals surface area contributed by atoms with Crippen molar-refractivity contribution >= 4 is 11.6 Å². The van der Waals surface area contributed by atoms with Crippen LogP contribution in [-0.2, 0) is 11.2 Å². The van der Waals surface area contributed by atoms with Crippen LogP contribution < -0.4 is 14.8 Å². The van der Waals surface area contributed by atoms with Crippen LogP contribution in [0.2, 0.25) is 0 Å². The van der Waals surface area contributed by atoms with Crippen LogP contribution in [0.3, 0.4) is 0 Å². The molecule has 0 saturated heterocycles. The average molecular weight is 415 g/mol. The first-order chi connectivity index (χ1) is 14.4. The molecule has 0 aliphatic heterocycles. The minimum Gasteiger partial charge on any atom is -0.497 e. The summed E-state index contributed by atoms with van der Waals surface area (Å²) in [5, 5.41) is 7.36. The van der Waals surface area contributed by atoms with Crippen molar-refractivity contribution in [2.24, 2.45) is 0 Å². The zero-order valence-electron chi connectivity index (χ0n) is 17.0. The highest BCUT2D eigenvalue weighted by Gasteiger charge is 2.15. The van der Waals surface area contributed by atoms with Gasteiger partial charge in [0.25, 0.3) is 0 Å². The van der Waals surface area contributed by atoms with E-state index in [0.29, 0.717) is 12.1 Å². The molecule has 158 valence electrons. The molecule has 3 aromatic rings. The number of hydrogen-bond donors (Lipinski definition) is 1. The molecule has 1 N–H and O–H groups in total. The van der Waals surface area contributed by atoms with Crippen LogP contribution in [0.1, 0.15) is 23.4 Å². The Balaban J connectivity index is 1.64. The van der Waals surface area contributed by atoms with E-state index in [4.69, 9.17) is 4.74 Å². The summed E-state index contributed by atoms with van der Waals surface area (Å²) >= 11 is 0. The number of benzene rings is 2. The van der Waals surface area contributed by atoms with Gasteiger partial charge in [-0.1, -0.05) is 6.07 Å². The zero-order valence-corrected chi connectivity index (χ0v) is 17.0. The summed E-state index contributed by atoms with van der Waals surface area (Å²) in [7, 11) is 1.61. The molecule has 0 bridgehead atoms. The molecule has 0 fully saturated rings. The van der Waals surface area contributed by atoms with Gasteiger partial charge in [0.2, 0.25) is 5.91 Å². The van der Waals surface area contributed by atoms with E-state index in [0.717, 1.165) is 28.4 Å². The van der Waals surface area contributed by atoms with Crippen molar-refractivity contribution in [2.45, 2.75) is 33.3 Å². The van der Waals surface area contributed by atoms with Crippen LogP contribution in [0.5, 0.6) is 11.5 Å². The van der Waals surface area contributed by atoms with E-state index >= 15 is 0 Å². The second-order valence-corrected chi connectivity index (χ2v) is 6.71. The number of rotatable bonds is 8. The van der Waals surface area contributed by atoms with Crippen LogP contribution in [0.25, 0.3) is 5.69 Å². The number of aryl methyl sites for hydroxylation is 1. The molecule has 6 nitrogen and oxygen atoms in total. The van der Waals surface area contributed by atoms with E-state index in [9.17, 15) is 13.6 Å². The summed E-state index contributed by atoms with van der Waals surface area (Å²) in [6.07, 6.45) is 0.792. The molecule has 3 rings (SSSR count). The smallest absolute Gasteiger partial charge is 0.387 e. The predicted molar refractivity (Wildman–Crippen MR) is 110 cm³/mol. The van der Waals surface area contributed by atoms with Crippen molar-refractivity contribution in [1.29, 1.82) is 0 Å². The first-order valence-electron chi connectivity index (χ1n) is 9.41. The molecule has 0 aliphatic rings. The summed E-state index contributed by atoms with van der Waals surface area (Å²) in [6.45, 7) is 1.00. The first kappa shape index (κ1) is 21.3. The number of carbonyl (C=O) groups is 1. The summed E-state index contributed by atoms with van der Waals surface area (Å²) in [5.41, 5.74) is 4.23. The Kier molecular flexibility index (Phi) is 6.66. The monoisotopic (exact) mass is 415 g/mol. The van der Waals surface area contributed by atoms with Gasteiger partial charge in [-0.25, -0.2) is 4.68 Å². The van der Waals surface area contributed by atoms with E-state index in [1.54, 1.807) is 7.11 Å². The van der Waals surface area contributed by atoms with Crippen LogP contribution in [0, 0.1) is 13.8 Å². The second kappa shape index (κ2) is 9.39. The third kappa shape index (κ3) is 5.14. The fraction of sp³-hybridized carbons (Fsp3) is 0.273. The lowest BCUT2D eigenvalue weighted by molar-refractivity contribution is -0.116. The Morgan fingerprint density at radius 2 is 1.87 bits per heavy atom. The number of carbonyl (C=O) groups excluding carboxylic acids is 1. The van der Waals surface area contributed by atoms with E-state index in [1.807, 2.05) is 42.8 Å². The first-order valence-corrected chi connectivity index (χ1v) is 9.41. The third-order valence-electron chi connectivity index (χ3n) is 4.70. The van der Waals surface area contributed by atoms with Crippen LogP contribution in [0.15, 0.2) is 48.5 Å². The van der Waals surface area contributed by atoms with Gasteiger partial charge in [0, 0.05) is 23.9 Å². The van der Waals surface area contributed by atoms with Crippen molar-refractivity contribution in [3.8, 4) is 17.2 Å². The fourth-order valence-corrected chi connectivity index (χ4v) is 3.21. The number of methoxy groups -OCH3 is 1. The Hall–Kier alpha value is -3.42. The number of ether oxygens (including phenoxy) is 2. The maximum Gasteiger partial charge on any atom is 0.387 e. The van der Waals surface area contributed by atoms with Gasteiger partial charge in [-0.05, 0) is 62.2 Å². The zero-order chi connectivity index (χ0) is 21.7. The standard InChI is InChI=1S/C22H23F2N3O3/c1-14-20(15(2)27(26-14)17-5-4-6-19(13-17)29-3)11-12-21(28)25-16-7-9-18(10-8-16)30-22(23)24/h4-10,13,22H,11-12H2,1-3H3,(H,25,28). The van der Waals surface area contributed by atoms with Gasteiger partial charge in [0.15, 0.2) is 0 Å². The SMILES string of the molecule is COc1cccc(-n2nc(C)c(CCC(=O)Nc3ccc(OC(F)F)cc3)c2C)c1. The highest BCUT2D eigenvalue weighted by Crippen LogP contribution is 2.23. The highest BCUT2D eigenvalue weighted by molar-refractivity contribution is 5.90. The summed E-state index contributed by atoms with van der Waals surface area (Å²) in [5.74, 6) is 0.607. The normalized spacial score (nSPS) is 10.9. The van der Waals surface area contributed by atoms with Gasteiger partial charge in [-0.3, -0.25) is 4.79 Å². The minimum atomic E-state index is -2.88. The fourth-order valence-electron chi connectivity index (χ4n) is 3.21. The lowest BCUT2D eigenvalue weighted by Gasteiger charge is -2.09. The molecule has 2 aromatic carbocycles. The Morgan fingerprint density at radius 1 is 1.13 bits per heavy atom. The third-order valence-corrected chi connectivity index (χ3v) is 4.70. The lowest BCUT2D eigenvalue weighted by Crippen LogP contribution is -2.12. The Morgan fingerprint density at radius 3 is 2.53 bits per heavy atom. The number of halogens is 2. The van der Waals surface area contributed by atoms with Crippen molar-refractivity contribution in [2.75, 3.05) is 12.4 Å². The van der Waals surface area contributed by atoms with Gasteiger partial charge < -0.3 is 14.8 Å². The molecule has 1 heterocycles. The molecule has 0 unspecified atom stereocenters. The highest BCUT2D eigenvalue weighted by atomic mass is 19.3. The van der Waals surface area contributed by atoms with Gasteiger partial charge in [-0.15, -0.1) is 0 Å². The van der Waals surface area contributed by atoms with Crippen molar-refractivity contribution in [1.82, 2.24) is 9.78 Å². The number of alkyl halides is 2. The number of amides is 1. The molecule has 0 spiro atoms. The maximum absolute atomic E-state index is 12.3. The second-order valence-electron chi connectivity index (χ2n) is 6.71.